The Morgan fingerprint density at radius 3 is 2.09 bits per heavy atom. The largest absolute Gasteiger partial charge is 0.352 e. The summed E-state index contributed by atoms with van der Waals surface area (Å²) >= 11 is 0. The van der Waals surface area contributed by atoms with Crippen molar-refractivity contribution in [1.29, 1.82) is 0 Å². The number of amides is 4. The molecule has 1 aliphatic heterocycles. The van der Waals surface area contributed by atoms with Crippen LogP contribution in [-0.4, -0.2) is 35.1 Å². The van der Waals surface area contributed by atoms with E-state index < -0.39 is 17.5 Å². The molecule has 0 aromatic heterocycles. The van der Waals surface area contributed by atoms with Gasteiger partial charge >= 0.3 is 6.03 Å². The van der Waals surface area contributed by atoms with Gasteiger partial charge in [-0.15, -0.1) is 0 Å². The fourth-order valence-electron chi connectivity index (χ4n) is 4.08. The lowest BCUT2D eigenvalue weighted by Crippen LogP contribution is -2.46. The molecule has 172 valence electrons. The number of ketones is 1. The first-order valence-corrected chi connectivity index (χ1v) is 11.0. The van der Waals surface area contributed by atoms with Crippen LogP contribution in [0.25, 0.3) is 0 Å². The van der Waals surface area contributed by atoms with Crippen LogP contribution in [0.5, 0.6) is 0 Å². The highest BCUT2D eigenvalue weighted by Gasteiger charge is 2.52. The average molecular weight is 456 g/mol. The Labute approximate surface area is 197 Å². The molecule has 0 unspecified atom stereocenters. The highest BCUT2D eigenvalue weighted by Crippen LogP contribution is 2.33. The second kappa shape index (κ2) is 9.70. The summed E-state index contributed by atoms with van der Waals surface area (Å²) in [6.45, 7) is 1.43. The Balaban J connectivity index is 1.56. The van der Waals surface area contributed by atoms with Gasteiger partial charge in [0.1, 0.15) is 0 Å². The van der Waals surface area contributed by atoms with Crippen LogP contribution < -0.4 is 10.6 Å². The number of nitrogens with zero attached hydrogens (tertiary/aromatic N) is 1. The van der Waals surface area contributed by atoms with E-state index in [0.29, 0.717) is 17.7 Å². The topological polar surface area (TPSA) is 95.6 Å². The van der Waals surface area contributed by atoms with E-state index in [1.54, 1.807) is 36.4 Å². The molecule has 1 heterocycles. The van der Waals surface area contributed by atoms with Gasteiger partial charge in [-0.3, -0.25) is 19.3 Å². The van der Waals surface area contributed by atoms with Gasteiger partial charge in [-0.25, -0.2) is 4.79 Å². The molecule has 7 nitrogen and oxygen atoms in total. The molecular weight excluding hydrogens is 430 g/mol. The van der Waals surface area contributed by atoms with E-state index in [2.05, 4.69) is 10.6 Å². The van der Waals surface area contributed by atoms with Gasteiger partial charge < -0.3 is 10.6 Å². The number of rotatable bonds is 8. The molecule has 0 aliphatic carbocycles. The Hall–Kier alpha value is -4.26. The Morgan fingerprint density at radius 2 is 1.47 bits per heavy atom. The summed E-state index contributed by atoms with van der Waals surface area (Å²) in [4.78, 5) is 51.6. The van der Waals surface area contributed by atoms with Gasteiger partial charge in [-0.2, -0.15) is 0 Å². The van der Waals surface area contributed by atoms with E-state index >= 15 is 0 Å². The molecular formula is C27H25N3O4. The van der Waals surface area contributed by atoms with Gasteiger partial charge in [0.05, 0.1) is 6.54 Å². The molecule has 1 fully saturated rings. The first-order valence-electron chi connectivity index (χ1n) is 11.0. The fraction of sp³-hybridized carbons (Fsp3) is 0.185. The zero-order valence-corrected chi connectivity index (χ0v) is 18.8. The maximum Gasteiger partial charge on any atom is 0.325 e. The van der Waals surface area contributed by atoms with Crippen molar-refractivity contribution in [1.82, 2.24) is 15.5 Å². The number of carbonyl (C=O) groups excluding carboxylic acids is 4. The quantitative estimate of drug-likeness (QED) is 0.403. The molecule has 34 heavy (non-hydrogen) atoms. The molecule has 1 saturated heterocycles. The third-order valence-corrected chi connectivity index (χ3v) is 5.87. The van der Waals surface area contributed by atoms with Gasteiger partial charge in [0.25, 0.3) is 5.91 Å². The molecule has 1 atom stereocenters. The smallest absolute Gasteiger partial charge is 0.325 e. The molecule has 0 spiro atoms. The Bertz CT molecular complexity index is 1210. The minimum absolute atomic E-state index is 0.142. The maximum absolute atomic E-state index is 13.7. The Kier molecular flexibility index (Phi) is 6.54. The number of imide groups is 1. The molecule has 4 amide bonds. The average Bonchev–Trinajstić information content (AvgIpc) is 3.09. The molecule has 3 aromatic carbocycles. The number of Topliss-reactive ketones (excluding diaryl/α,β-unsaturated/α-hetero) is 1. The molecule has 1 aliphatic rings. The predicted molar refractivity (Wildman–Crippen MR) is 127 cm³/mol. The molecule has 4 rings (SSSR count). The summed E-state index contributed by atoms with van der Waals surface area (Å²) in [5.41, 5.74) is 1.49. The molecule has 7 heteroatoms. The van der Waals surface area contributed by atoms with Crippen molar-refractivity contribution in [3.8, 4) is 0 Å². The van der Waals surface area contributed by atoms with Crippen molar-refractivity contribution < 1.29 is 19.2 Å². The fourth-order valence-corrected chi connectivity index (χ4v) is 4.08. The minimum Gasteiger partial charge on any atom is -0.352 e. The highest BCUT2D eigenvalue weighted by atomic mass is 16.2. The summed E-state index contributed by atoms with van der Waals surface area (Å²) in [7, 11) is 0. The highest BCUT2D eigenvalue weighted by molar-refractivity contribution is 6.11. The van der Waals surface area contributed by atoms with Crippen molar-refractivity contribution in [3.05, 3.63) is 107 Å². The minimum atomic E-state index is -1.29. The number of hydrogen-bond donors (Lipinski definition) is 2. The molecule has 2 N–H and O–H groups in total. The van der Waals surface area contributed by atoms with E-state index in [1.165, 1.54) is 6.92 Å². The van der Waals surface area contributed by atoms with E-state index in [0.717, 1.165) is 16.0 Å². The summed E-state index contributed by atoms with van der Waals surface area (Å²) in [6, 6.07) is 24.7. The molecule has 0 bridgehead atoms. The van der Waals surface area contributed by atoms with E-state index in [4.69, 9.17) is 0 Å². The van der Waals surface area contributed by atoms with Crippen LogP contribution in [0.2, 0.25) is 0 Å². The molecule has 0 radical (unpaired) electrons. The standard InChI is InChI=1S/C27H25N3O4/c1-19(31)28-17-21-12-14-22(15-13-21)24(32)18-30-25(33)27(29-26(30)34,23-10-6-3-7-11-23)16-20-8-4-2-5-9-20/h2-15H,16-18H2,1H3,(H,28,31)(H,29,34)/t27-/m0/s1. The summed E-state index contributed by atoms with van der Waals surface area (Å²) in [5, 5.41) is 5.57. The van der Waals surface area contributed by atoms with Crippen molar-refractivity contribution >= 4 is 23.6 Å². The lowest BCUT2D eigenvalue weighted by atomic mass is 9.83. The van der Waals surface area contributed by atoms with Crippen LogP contribution in [0.3, 0.4) is 0 Å². The Morgan fingerprint density at radius 1 is 0.853 bits per heavy atom. The number of hydrogen-bond acceptors (Lipinski definition) is 4. The summed E-state index contributed by atoms with van der Waals surface area (Å²) in [5.74, 6) is -0.947. The second-order valence-corrected chi connectivity index (χ2v) is 8.29. The lowest BCUT2D eigenvalue weighted by Gasteiger charge is -2.27. The first-order chi connectivity index (χ1) is 16.4. The summed E-state index contributed by atoms with van der Waals surface area (Å²) < 4.78 is 0. The molecule has 3 aromatic rings. The lowest BCUT2D eigenvalue weighted by molar-refractivity contribution is -0.131. The number of carbonyl (C=O) groups is 4. The van der Waals surface area contributed by atoms with Crippen LogP contribution in [0.15, 0.2) is 84.9 Å². The monoisotopic (exact) mass is 455 g/mol. The SMILES string of the molecule is CC(=O)NCc1ccc(C(=O)CN2C(=O)N[C@@](Cc3ccccc3)(c3ccccc3)C2=O)cc1. The summed E-state index contributed by atoms with van der Waals surface area (Å²) in [6.07, 6.45) is 0.269. The van der Waals surface area contributed by atoms with Crippen LogP contribution in [0, 0.1) is 0 Å². The first kappa shape index (κ1) is 22.9. The van der Waals surface area contributed by atoms with Gasteiger partial charge in [0.2, 0.25) is 5.91 Å². The number of urea groups is 1. The van der Waals surface area contributed by atoms with Gasteiger partial charge in [0.15, 0.2) is 11.3 Å². The van der Waals surface area contributed by atoms with Gasteiger partial charge in [0, 0.05) is 25.5 Å². The van der Waals surface area contributed by atoms with E-state index in [-0.39, 0.29) is 24.7 Å². The van der Waals surface area contributed by atoms with Crippen LogP contribution in [-0.2, 0) is 28.1 Å². The zero-order valence-electron chi connectivity index (χ0n) is 18.8. The van der Waals surface area contributed by atoms with Crippen molar-refractivity contribution in [2.24, 2.45) is 0 Å². The number of benzene rings is 3. The van der Waals surface area contributed by atoms with Gasteiger partial charge in [-0.1, -0.05) is 84.9 Å². The van der Waals surface area contributed by atoms with Crippen molar-refractivity contribution in [2.45, 2.75) is 25.4 Å². The normalized spacial score (nSPS) is 17.4. The van der Waals surface area contributed by atoms with Crippen LogP contribution >= 0.6 is 0 Å². The zero-order chi connectivity index (χ0) is 24.1. The third-order valence-electron chi connectivity index (χ3n) is 5.87. The van der Waals surface area contributed by atoms with Crippen LogP contribution in [0.4, 0.5) is 4.79 Å². The van der Waals surface area contributed by atoms with Crippen molar-refractivity contribution in [3.63, 3.8) is 0 Å². The third kappa shape index (κ3) is 4.73. The predicted octanol–water partition coefficient (Wildman–Crippen LogP) is 3.20. The van der Waals surface area contributed by atoms with Crippen molar-refractivity contribution in [2.75, 3.05) is 6.54 Å². The molecule has 0 saturated carbocycles. The van der Waals surface area contributed by atoms with Gasteiger partial charge in [-0.05, 0) is 16.7 Å². The maximum atomic E-state index is 13.7. The van der Waals surface area contributed by atoms with E-state index in [9.17, 15) is 19.2 Å². The van der Waals surface area contributed by atoms with E-state index in [1.807, 2.05) is 48.5 Å². The second-order valence-electron chi connectivity index (χ2n) is 8.29. The number of nitrogens with one attached hydrogen (secondary N) is 2. The van der Waals surface area contributed by atoms with Crippen LogP contribution in [0.1, 0.15) is 34.0 Å².